The van der Waals surface area contributed by atoms with Crippen LogP contribution < -0.4 is 0 Å². The van der Waals surface area contributed by atoms with Crippen molar-refractivity contribution in [1.82, 2.24) is 19.2 Å². The molecule has 0 unspecified atom stereocenters. The topological polar surface area (TPSA) is 67.2 Å². The third-order valence-electron chi connectivity index (χ3n) is 4.04. The number of thiazole rings is 1. The van der Waals surface area contributed by atoms with Gasteiger partial charge in [0.05, 0.1) is 17.0 Å². The quantitative estimate of drug-likeness (QED) is 0.701. The monoisotopic (exact) mass is 364 g/mol. The molecule has 3 aromatic heterocycles. The van der Waals surface area contributed by atoms with E-state index in [1.165, 1.54) is 11.3 Å². The Morgan fingerprint density at radius 1 is 1.25 bits per heavy atom. The molecular formula is C15H16N4O3S2. The summed E-state index contributed by atoms with van der Waals surface area (Å²) in [4.78, 5) is 34.9. The molecule has 0 aliphatic carbocycles. The van der Waals surface area contributed by atoms with Crippen LogP contribution in [-0.2, 0) is 4.74 Å². The summed E-state index contributed by atoms with van der Waals surface area (Å²) in [5.41, 5.74) is 0.977. The zero-order valence-corrected chi connectivity index (χ0v) is 14.7. The SMILES string of the molecule is CCOC(=O)N1CCN(C(=O)c2cc3c(nc4sccn43)s2)CC1. The first-order valence-corrected chi connectivity index (χ1v) is 9.43. The van der Waals surface area contributed by atoms with Gasteiger partial charge in [-0.15, -0.1) is 22.7 Å². The fraction of sp³-hybridized carbons (Fsp3) is 0.400. The number of aromatic nitrogens is 2. The standard InChI is InChI=1S/C15H16N4O3S2/c1-2-22-15(21)18-5-3-17(4-6-18)13(20)11-9-10-12(24-11)16-14-19(10)7-8-23-14/h7-9H,2-6H2,1H3. The highest BCUT2D eigenvalue weighted by molar-refractivity contribution is 7.21. The maximum Gasteiger partial charge on any atom is 0.409 e. The Labute approximate surface area is 146 Å². The zero-order chi connectivity index (χ0) is 16.7. The van der Waals surface area contributed by atoms with E-state index in [0.717, 1.165) is 15.3 Å². The molecule has 126 valence electrons. The number of amides is 2. The number of hydrogen-bond donors (Lipinski definition) is 0. The van der Waals surface area contributed by atoms with E-state index in [9.17, 15) is 9.59 Å². The molecule has 9 heteroatoms. The Morgan fingerprint density at radius 2 is 2.00 bits per heavy atom. The number of rotatable bonds is 2. The third-order valence-corrected chi connectivity index (χ3v) is 5.81. The smallest absolute Gasteiger partial charge is 0.409 e. The van der Waals surface area contributed by atoms with Crippen LogP contribution in [0.5, 0.6) is 0 Å². The van der Waals surface area contributed by atoms with Crippen LogP contribution in [0, 0.1) is 0 Å². The largest absolute Gasteiger partial charge is 0.450 e. The lowest BCUT2D eigenvalue weighted by Gasteiger charge is -2.33. The predicted octanol–water partition coefficient (Wildman–Crippen LogP) is 2.52. The number of hydrogen-bond acceptors (Lipinski definition) is 6. The van der Waals surface area contributed by atoms with Gasteiger partial charge in [0.1, 0.15) is 4.83 Å². The third kappa shape index (κ3) is 2.53. The van der Waals surface area contributed by atoms with Gasteiger partial charge in [-0.1, -0.05) is 0 Å². The molecule has 0 atom stereocenters. The maximum atomic E-state index is 12.7. The molecule has 24 heavy (non-hydrogen) atoms. The number of piperazine rings is 1. The summed E-state index contributed by atoms with van der Waals surface area (Å²) in [5, 5.41) is 1.98. The first-order chi connectivity index (χ1) is 11.7. The molecule has 0 bridgehead atoms. The van der Waals surface area contributed by atoms with Gasteiger partial charge in [0.25, 0.3) is 5.91 Å². The second-order valence-corrected chi connectivity index (χ2v) is 7.35. The fourth-order valence-corrected chi connectivity index (χ4v) is 4.58. The van der Waals surface area contributed by atoms with E-state index in [2.05, 4.69) is 4.98 Å². The average molecular weight is 364 g/mol. The summed E-state index contributed by atoms with van der Waals surface area (Å²) in [5.74, 6) is 0.00508. The summed E-state index contributed by atoms with van der Waals surface area (Å²) in [6, 6.07) is 1.91. The zero-order valence-electron chi connectivity index (χ0n) is 13.1. The van der Waals surface area contributed by atoms with Crippen LogP contribution in [0.3, 0.4) is 0 Å². The lowest BCUT2D eigenvalue weighted by molar-refractivity contribution is 0.0574. The number of carbonyl (C=O) groups is 2. The Kier molecular flexibility index (Phi) is 3.89. The summed E-state index contributed by atoms with van der Waals surface area (Å²) >= 11 is 3.00. The van der Waals surface area contributed by atoms with Crippen molar-refractivity contribution in [3.8, 4) is 0 Å². The maximum absolute atomic E-state index is 12.7. The first-order valence-electron chi connectivity index (χ1n) is 7.73. The number of imidazole rings is 1. The van der Waals surface area contributed by atoms with E-state index in [-0.39, 0.29) is 12.0 Å². The summed E-state index contributed by atoms with van der Waals surface area (Å²) in [7, 11) is 0. The highest BCUT2D eigenvalue weighted by atomic mass is 32.1. The molecular weight excluding hydrogens is 348 g/mol. The Hall–Kier alpha value is -2.13. The lowest BCUT2D eigenvalue weighted by atomic mass is 10.3. The number of fused-ring (bicyclic) bond motifs is 3. The minimum atomic E-state index is -0.306. The Morgan fingerprint density at radius 3 is 2.75 bits per heavy atom. The molecule has 4 heterocycles. The van der Waals surface area contributed by atoms with Crippen LogP contribution in [0.25, 0.3) is 15.3 Å². The number of carbonyl (C=O) groups excluding carboxylic acids is 2. The second kappa shape index (κ2) is 6.06. The summed E-state index contributed by atoms with van der Waals surface area (Å²) < 4.78 is 7.01. The van der Waals surface area contributed by atoms with Crippen LogP contribution in [0.15, 0.2) is 17.6 Å². The molecule has 0 aromatic carbocycles. The van der Waals surface area contributed by atoms with Crippen molar-refractivity contribution in [2.45, 2.75) is 6.92 Å². The van der Waals surface area contributed by atoms with Gasteiger partial charge in [0.2, 0.25) is 0 Å². The molecule has 0 saturated carbocycles. The van der Waals surface area contributed by atoms with Gasteiger partial charge in [-0.3, -0.25) is 9.20 Å². The molecule has 0 N–H and O–H groups in total. The van der Waals surface area contributed by atoms with Crippen LogP contribution in [0.1, 0.15) is 16.6 Å². The van der Waals surface area contributed by atoms with Crippen molar-refractivity contribution in [3.05, 3.63) is 22.5 Å². The Bertz CT molecular complexity index is 904. The van der Waals surface area contributed by atoms with Crippen molar-refractivity contribution < 1.29 is 14.3 Å². The van der Waals surface area contributed by atoms with Crippen molar-refractivity contribution >= 4 is 50.0 Å². The number of ether oxygens (including phenoxy) is 1. The minimum absolute atomic E-state index is 0.00508. The molecule has 4 rings (SSSR count). The van der Waals surface area contributed by atoms with Gasteiger partial charge in [0.15, 0.2) is 4.96 Å². The minimum Gasteiger partial charge on any atom is -0.450 e. The molecule has 0 radical (unpaired) electrons. The lowest BCUT2D eigenvalue weighted by Crippen LogP contribution is -2.50. The van der Waals surface area contributed by atoms with Crippen molar-refractivity contribution in [2.75, 3.05) is 32.8 Å². The van der Waals surface area contributed by atoms with Crippen LogP contribution in [0.4, 0.5) is 4.79 Å². The molecule has 1 fully saturated rings. The normalized spacial score (nSPS) is 15.4. The highest BCUT2D eigenvalue weighted by Crippen LogP contribution is 2.29. The fourth-order valence-electron chi connectivity index (χ4n) is 2.82. The van der Waals surface area contributed by atoms with E-state index in [4.69, 9.17) is 4.74 Å². The molecule has 1 saturated heterocycles. The second-order valence-electron chi connectivity index (χ2n) is 5.45. The summed E-state index contributed by atoms with van der Waals surface area (Å²) in [6.07, 6.45) is 1.66. The molecule has 1 aliphatic rings. The molecule has 3 aromatic rings. The van der Waals surface area contributed by atoms with Gasteiger partial charge in [-0.05, 0) is 13.0 Å². The molecule has 2 amide bonds. The van der Waals surface area contributed by atoms with Crippen molar-refractivity contribution in [3.63, 3.8) is 0 Å². The summed E-state index contributed by atoms with van der Waals surface area (Å²) in [6.45, 7) is 4.20. The van der Waals surface area contributed by atoms with Crippen LogP contribution in [0.2, 0.25) is 0 Å². The van der Waals surface area contributed by atoms with Crippen molar-refractivity contribution in [1.29, 1.82) is 0 Å². The van der Waals surface area contributed by atoms with Crippen molar-refractivity contribution in [2.24, 2.45) is 0 Å². The number of nitrogens with zero attached hydrogens (tertiary/aromatic N) is 4. The Balaban J connectivity index is 1.48. The average Bonchev–Trinajstić information content (AvgIpc) is 3.26. The molecule has 7 nitrogen and oxygen atoms in total. The van der Waals surface area contributed by atoms with E-state index < -0.39 is 0 Å². The predicted molar refractivity (Wildman–Crippen MR) is 93.0 cm³/mol. The van der Waals surface area contributed by atoms with E-state index >= 15 is 0 Å². The van der Waals surface area contributed by atoms with Crippen LogP contribution in [-0.4, -0.2) is 64.0 Å². The molecule has 0 spiro atoms. The van der Waals surface area contributed by atoms with Gasteiger partial charge < -0.3 is 14.5 Å². The van der Waals surface area contributed by atoms with E-state index in [1.807, 2.05) is 22.0 Å². The first kappa shape index (κ1) is 15.4. The van der Waals surface area contributed by atoms with E-state index in [0.29, 0.717) is 37.7 Å². The highest BCUT2D eigenvalue weighted by Gasteiger charge is 2.27. The van der Waals surface area contributed by atoms with E-state index in [1.54, 1.807) is 28.1 Å². The van der Waals surface area contributed by atoms with Crippen LogP contribution >= 0.6 is 22.7 Å². The van der Waals surface area contributed by atoms with Gasteiger partial charge in [-0.25, -0.2) is 9.78 Å². The van der Waals surface area contributed by atoms with Gasteiger partial charge in [-0.2, -0.15) is 0 Å². The van der Waals surface area contributed by atoms with Gasteiger partial charge >= 0.3 is 6.09 Å². The number of thiophene rings is 1. The molecule has 1 aliphatic heterocycles. The van der Waals surface area contributed by atoms with Gasteiger partial charge in [0, 0.05) is 37.8 Å².